The van der Waals surface area contributed by atoms with Gasteiger partial charge in [0.05, 0.1) is 10.4 Å². The van der Waals surface area contributed by atoms with Crippen LogP contribution in [0.1, 0.15) is 26.2 Å². The Balaban J connectivity index is 2.55. The number of aromatic hydroxyl groups is 1. The van der Waals surface area contributed by atoms with E-state index in [1.54, 1.807) is 4.57 Å². The summed E-state index contributed by atoms with van der Waals surface area (Å²) in [6.07, 6.45) is 2.88. The number of nitro groups is 1. The zero-order valence-electron chi connectivity index (χ0n) is 11.1. The van der Waals surface area contributed by atoms with Gasteiger partial charge >= 0.3 is 0 Å². The average Bonchev–Trinajstić information content (AvgIpc) is 2.70. The fourth-order valence-electron chi connectivity index (χ4n) is 2.26. The van der Waals surface area contributed by atoms with Crippen LogP contribution in [0, 0.1) is 15.0 Å². The Hall–Kier alpha value is -2.44. The molecule has 1 N–H and O–H groups in total. The summed E-state index contributed by atoms with van der Waals surface area (Å²) in [6, 6.07) is 4.16. The van der Waals surface area contributed by atoms with Crippen LogP contribution in [-0.2, 0) is 6.54 Å². The molecule has 0 saturated heterocycles. The molecule has 0 spiro atoms. The molecule has 0 aliphatic heterocycles. The average molecular weight is 277 g/mol. The van der Waals surface area contributed by atoms with Crippen molar-refractivity contribution in [2.45, 2.75) is 32.7 Å². The van der Waals surface area contributed by atoms with Crippen molar-refractivity contribution in [1.82, 2.24) is 4.57 Å². The molecule has 7 nitrogen and oxygen atoms in total. The fourth-order valence-corrected chi connectivity index (χ4v) is 2.26. The number of benzene rings is 1. The predicted octanol–water partition coefficient (Wildman–Crippen LogP) is 3.84. The lowest BCUT2D eigenvalue weighted by molar-refractivity contribution is -0.384. The molecular weight excluding hydrogens is 262 g/mol. The maximum atomic E-state index is 10.9. The number of nitroso groups, excluding NO2 is 1. The Morgan fingerprint density at radius 3 is 2.75 bits per heavy atom. The summed E-state index contributed by atoms with van der Waals surface area (Å²) in [5.41, 5.74) is 0.312. The van der Waals surface area contributed by atoms with Crippen LogP contribution in [0.25, 0.3) is 10.9 Å². The van der Waals surface area contributed by atoms with Gasteiger partial charge in [-0.2, -0.15) is 0 Å². The van der Waals surface area contributed by atoms with Gasteiger partial charge in [0.1, 0.15) is 0 Å². The van der Waals surface area contributed by atoms with Gasteiger partial charge in [0.2, 0.25) is 5.88 Å². The molecule has 20 heavy (non-hydrogen) atoms. The smallest absolute Gasteiger partial charge is 0.270 e. The number of aromatic nitrogens is 1. The highest BCUT2D eigenvalue weighted by Gasteiger charge is 2.19. The lowest BCUT2D eigenvalue weighted by atomic mass is 10.2. The number of hydrogen-bond acceptors (Lipinski definition) is 5. The van der Waals surface area contributed by atoms with Gasteiger partial charge in [0.15, 0.2) is 5.69 Å². The van der Waals surface area contributed by atoms with Crippen LogP contribution < -0.4 is 0 Å². The number of rotatable bonds is 6. The molecule has 0 aliphatic rings. The molecular formula is C13H15N3O4. The van der Waals surface area contributed by atoms with Crippen LogP contribution in [-0.4, -0.2) is 14.6 Å². The lowest BCUT2D eigenvalue weighted by Gasteiger charge is -2.05. The van der Waals surface area contributed by atoms with E-state index in [4.69, 9.17) is 0 Å². The van der Waals surface area contributed by atoms with Gasteiger partial charge in [-0.25, -0.2) is 0 Å². The molecule has 7 heteroatoms. The summed E-state index contributed by atoms with van der Waals surface area (Å²) in [4.78, 5) is 21.1. The zero-order chi connectivity index (χ0) is 14.7. The van der Waals surface area contributed by atoms with Crippen LogP contribution in [0.4, 0.5) is 11.4 Å². The summed E-state index contributed by atoms with van der Waals surface area (Å²) >= 11 is 0. The maximum absolute atomic E-state index is 10.9. The van der Waals surface area contributed by atoms with Gasteiger partial charge in [0.25, 0.3) is 5.69 Å². The molecule has 0 bridgehead atoms. The molecule has 0 unspecified atom stereocenters. The van der Waals surface area contributed by atoms with E-state index in [1.165, 1.54) is 18.2 Å². The third kappa shape index (κ3) is 2.34. The largest absolute Gasteiger partial charge is 0.493 e. The Labute approximate surface area is 114 Å². The predicted molar refractivity (Wildman–Crippen MR) is 75.2 cm³/mol. The monoisotopic (exact) mass is 277 g/mol. The molecule has 0 radical (unpaired) electrons. The van der Waals surface area contributed by atoms with Crippen LogP contribution in [0.2, 0.25) is 0 Å². The summed E-state index contributed by atoms with van der Waals surface area (Å²) in [5, 5.41) is 23.9. The van der Waals surface area contributed by atoms with Gasteiger partial charge in [-0.3, -0.25) is 10.1 Å². The third-order valence-electron chi connectivity index (χ3n) is 3.28. The molecule has 0 saturated carbocycles. The minimum Gasteiger partial charge on any atom is -0.493 e. The number of unbranched alkanes of at least 4 members (excludes halogenated alkanes) is 2. The van der Waals surface area contributed by atoms with Gasteiger partial charge in [-0.05, 0) is 17.7 Å². The standard InChI is InChI=1S/C13H15N3O4/c1-2-3-4-7-15-11-6-5-9(16(19)20)8-10(11)12(14-18)13(15)17/h5-6,8,17H,2-4,7H2,1H3. The Morgan fingerprint density at radius 1 is 1.40 bits per heavy atom. The number of nitro benzene ring substituents is 1. The quantitative estimate of drug-likeness (QED) is 0.375. The van der Waals surface area contributed by atoms with E-state index in [9.17, 15) is 20.1 Å². The number of non-ortho nitro benzene ring substituents is 1. The zero-order valence-corrected chi connectivity index (χ0v) is 11.1. The van der Waals surface area contributed by atoms with E-state index in [0.29, 0.717) is 17.4 Å². The molecule has 1 aromatic heterocycles. The highest BCUT2D eigenvalue weighted by molar-refractivity contribution is 5.96. The number of hydrogen-bond donors (Lipinski definition) is 1. The van der Waals surface area contributed by atoms with E-state index in [-0.39, 0.29) is 17.3 Å². The normalized spacial score (nSPS) is 10.8. The summed E-state index contributed by atoms with van der Waals surface area (Å²) in [7, 11) is 0. The fraction of sp³-hybridized carbons (Fsp3) is 0.385. The highest BCUT2D eigenvalue weighted by Crippen LogP contribution is 2.40. The molecule has 1 heterocycles. The molecule has 0 fully saturated rings. The van der Waals surface area contributed by atoms with Crippen molar-refractivity contribution in [1.29, 1.82) is 0 Å². The summed E-state index contributed by atoms with van der Waals surface area (Å²) in [5.74, 6) is -0.230. The molecule has 1 aromatic carbocycles. The first-order valence-electron chi connectivity index (χ1n) is 6.43. The van der Waals surface area contributed by atoms with Crippen molar-refractivity contribution in [2.75, 3.05) is 0 Å². The van der Waals surface area contributed by atoms with E-state index < -0.39 is 4.92 Å². The lowest BCUT2D eigenvalue weighted by Crippen LogP contribution is -1.97. The number of aryl methyl sites for hydroxylation is 1. The van der Waals surface area contributed by atoms with Crippen molar-refractivity contribution >= 4 is 22.3 Å². The van der Waals surface area contributed by atoms with Crippen LogP contribution >= 0.6 is 0 Å². The van der Waals surface area contributed by atoms with E-state index in [0.717, 1.165) is 19.3 Å². The number of nitrogens with zero attached hydrogens (tertiary/aromatic N) is 3. The van der Waals surface area contributed by atoms with Crippen molar-refractivity contribution in [2.24, 2.45) is 5.18 Å². The van der Waals surface area contributed by atoms with Crippen molar-refractivity contribution in [3.05, 3.63) is 33.2 Å². The Bertz CT molecular complexity index is 663. The van der Waals surface area contributed by atoms with Gasteiger partial charge < -0.3 is 9.67 Å². The van der Waals surface area contributed by atoms with E-state index in [1.807, 2.05) is 0 Å². The van der Waals surface area contributed by atoms with Crippen LogP contribution in [0.15, 0.2) is 23.4 Å². The molecule has 0 amide bonds. The van der Waals surface area contributed by atoms with E-state index >= 15 is 0 Å². The molecule has 0 aliphatic carbocycles. The number of fused-ring (bicyclic) bond motifs is 1. The first-order valence-corrected chi connectivity index (χ1v) is 6.43. The van der Waals surface area contributed by atoms with Crippen LogP contribution in [0.3, 0.4) is 0 Å². The molecule has 2 aromatic rings. The first kappa shape index (κ1) is 14.0. The second-order valence-electron chi connectivity index (χ2n) is 4.58. The Kier molecular flexibility index (Phi) is 3.97. The molecule has 0 atom stereocenters. The maximum Gasteiger partial charge on any atom is 0.270 e. The SMILES string of the molecule is CCCCCn1c(O)c(N=O)c2cc([N+](=O)[O-])ccc21. The third-order valence-corrected chi connectivity index (χ3v) is 3.28. The van der Waals surface area contributed by atoms with Crippen LogP contribution in [0.5, 0.6) is 5.88 Å². The van der Waals surface area contributed by atoms with Crippen molar-refractivity contribution in [3.63, 3.8) is 0 Å². The molecule has 2 rings (SSSR count). The van der Waals surface area contributed by atoms with E-state index in [2.05, 4.69) is 12.1 Å². The van der Waals surface area contributed by atoms with Gasteiger partial charge in [-0.1, -0.05) is 19.8 Å². The second kappa shape index (κ2) is 5.68. The highest BCUT2D eigenvalue weighted by atomic mass is 16.6. The Morgan fingerprint density at radius 2 is 2.15 bits per heavy atom. The topological polar surface area (TPSA) is 97.7 Å². The van der Waals surface area contributed by atoms with Crippen molar-refractivity contribution < 1.29 is 10.0 Å². The first-order chi connectivity index (χ1) is 9.60. The minimum atomic E-state index is -0.542. The second-order valence-corrected chi connectivity index (χ2v) is 4.58. The minimum absolute atomic E-state index is 0.131. The van der Waals surface area contributed by atoms with Gasteiger partial charge in [0, 0.05) is 24.1 Å². The summed E-state index contributed by atoms with van der Waals surface area (Å²) in [6.45, 7) is 2.61. The molecule has 106 valence electrons. The van der Waals surface area contributed by atoms with Gasteiger partial charge in [-0.15, -0.1) is 4.91 Å². The van der Waals surface area contributed by atoms with Crippen molar-refractivity contribution in [3.8, 4) is 5.88 Å². The summed E-state index contributed by atoms with van der Waals surface area (Å²) < 4.78 is 1.57.